The summed E-state index contributed by atoms with van der Waals surface area (Å²) in [5.41, 5.74) is 16.7. The monoisotopic (exact) mass is 712 g/mol. The molecule has 11 aromatic rings. The van der Waals surface area contributed by atoms with Gasteiger partial charge in [-0.25, -0.2) is 0 Å². The van der Waals surface area contributed by atoms with Gasteiger partial charge in [-0.15, -0.1) is 0 Å². The third-order valence-electron chi connectivity index (χ3n) is 11.3. The number of hydrogen-bond acceptors (Lipinski definition) is 0. The van der Waals surface area contributed by atoms with E-state index in [2.05, 4.69) is 228 Å². The van der Waals surface area contributed by atoms with Crippen molar-refractivity contribution >= 4 is 43.6 Å². The zero-order valence-electron chi connectivity index (χ0n) is 30.7. The van der Waals surface area contributed by atoms with Crippen LogP contribution in [0.5, 0.6) is 0 Å². The fourth-order valence-electron chi connectivity index (χ4n) is 8.69. The van der Waals surface area contributed by atoms with Crippen LogP contribution in [0.25, 0.3) is 99.5 Å². The molecule has 0 radical (unpaired) electrons. The minimum absolute atomic E-state index is 1.14. The topological polar surface area (TPSA) is 9.86 Å². The molecule has 0 saturated carbocycles. The number of aromatic nitrogens is 2. The first-order valence-corrected chi connectivity index (χ1v) is 19.3. The maximum Gasteiger partial charge on any atom is 0.0619 e. The highest BCUT2D eigenvalue weighted by Crippen LogP contribution is 2.43. The van der Waals surface area contributed by atoms with Crippen LogP contribution in [0.15, 0.2) is 218 Å². The van der Waals surface area contributed by atoms with Crippen LogP contribution in [0, 0.1) is 0 Å². The molecule has 56 heavy (non-hydrogen) atoms. The quantitative estimate of drug-likeness (QED) is 0.162. The number of rotatable bonds is 6. The molecule has 0 bridgehead atoms. The number of benzene rings is 9. The van der Waals surface area contributed by atoms with Crippen LogP contribution < -0.4 is 0 Å². The van der Waals surface area contributed by atoms with Crippen molar-refractivity contribution in [3.8, 4) is 55.9 Å². The first kappa shape index (κ1) is 32.0. The van der Waals surface area contributed by atoms with Crippen LogP contribution in [-0.2, 0) is 0 Å². The molecular weight excluding hydrogens is 677 g/mol. The zero-order chi connectivity index (χ0) is 37.0. The first-order valence-electron chi connectivity index (χ1n) is 19.3. The van der Waals surface area contributed by atoms with Crippen molar-refractivity contribution in [3.05, 3.63) is 218 Å². The van der Waals surface area contributed by atoms with Crippen molar-refractivity contribution in [2.75, 3.05) is 0 Å². The van der Waals surface area contributed by atoms with Gasteiger partial charge >= 0.3 is 0 Å². The van der Waals surface area contributed by atoms with E-state index in [9.17, 15) is 0 Å². The van der Waals surface area contributed by atoms with E-state index >= 15 is 0 Å². The third kappa shape index (κ3) is 5.26. The lowest BCUT2D eigenvalue weighted by molar-refractivity contribution is 1.18. The normalized spacial score (nSPS) is 11.6. The zero-order valence-corrected chi connectivity index (χ0v) is 30.7. The van der Waals surface area contributed by atoms with Crippen molar-refractivity contribution < 1.29 is 0 Å². The number of hydrogen-bond donors (Lipinski definition) is 0. The molecule has 0 saturated heterocycles. The van der Waals surface area contributed by atoms with Gasteiger partial charge < -0.3 is 9.13 Å². The van der Waals surface area contributed by atoms with Gasteiger partial charge in [0.15, 0.2) is 0 Å². The average molecular weight is 713 g/mol. The molecule has 0 amide bonds. The van der Waals surface area contributed by atoms with Crippen LogP contribution in [-0.4, -0.2) is 9.13 Å². The highest BCUT2D eigenvalue weighted by molar-refractivity contribution is 6.17. The summed E-state index contributed by atoms with van der Waals surface area (Å²) < 4.78 is 4.86. The van der Waals surface area contributed by atoms with Crippen molar-refractivity contribution in [2.24, 2.45) is 0 Å². The van der Waals surface area contributed by atoms with E-state index in [0.717, 1.165) is 5.69 Å². The molecule has 0 aliphatic heterocycles. The van der Waals surface area contributed by atoms with Crippen LogP contribution in [0.4, 0.5) is 0 Å². The Labute approximate surface area is 325 Å². The van der Waals surface area contributed by atoms with Gasteiger partial charge in [0.05, 0.1) is 22.1 Å². The minimum Gasteiger partial charge on any atom is -0.309 e. The molecule has 262 valence electrons. The second-order valence-corrected chi connectivity index (χ2v) is 14.6. The van der Waals surface area contributed by atoms with Gasteiger partial charge in [0.2, 0.25) is 0 Å². The molecule has 0 unspecified atom stereocenters. The van der Waals surface area contributed by atoms with E-state index < -0.39 is 0 Å². The van der Waals surface area contributed by atoms with Crippen molar-refractivity contribution in [1.82, 2.24) is 9.13 Å². The molecule has 0 fully saturated rings. The lowest BCUT2D eigenvalue weighted by atomic mass is 9.95. The average Bonchev–Trinajstić information content (AvgIpc) is 3.79. The SMILES string of the molecule is c1ccc(-c2cccc(-n3c4ccc(-c5ccc6c(c5)c5ccccc5n6-c5ccccc5)cc4c4cc(-c5ccccc5)cc(-c5ccccc5)c43)c2)cc1. The number of nitrogens with zero attached hydrogens (tertiary/aromatic N) is 2. The van der Waals surface area contributed by atoms with Crippen LogP contribution in [0.2, 0.25) is 0 Å². The highest BCUT2D eigenvalue weighted by Gasteiger charge is 2.20. The highest BCUT2D eigenvalue weighted by atomic mass is 15.0. The van der Waals surface area contributed by atoms with Gasteiger partial charge in [-0.05, 0) is 106 Å². The van der Waals surface area contributed by atoms with Gasteiger partial charge in [-0.3, -0.25) is 0 Å². The van der Waals surface area contributed by atoms with Gasteiger partial charge in [-0.2, -0.15) is 0 Å². The Morgan fingerprint density at radius 2 is 0.696 bits per heavy atom. The Kier molecular flexibility index (Phi) is 7.53. The van der Waals surface area contributed by atoms with E-state index in [1.54, 1.807) is 0 Å². The fourth-order valence-corrected chi connectivity index (χ4v) is 8.69. The predicted molar refractivity (Wildman–Crippen MR) is 237 cm³/mol. The Balaban J connectivity index is 1.19. The van der Waals surface area contributed by atoms with Gasteiger partial charge in [0.25, 0.3) is 0 Å². The van der Waals surface area contributed by atoms with Crippen LogP contribution >= 0.6 is 0 Å². The third-order valence-corrected chi connectivity index (χ3v) is 11.3. The first-order chi connectivity index (χ1) is 27.8. The smallest absolute Gasteiger partial charge is 0.0619 e. The molecular formula is C54H36N2. The van der Waals surface area contributed by atoms with Gasteiger partial charge in [-0.1, -0.05) is 152 Å². The second kappa shape index (κ2) is 13.2. The summed E-state index contributed by atoms with van der Waals surface area (Å²) in [5, 5.41) is 4.96. The Morgan fingerprint density at radius 1 is 0.232 bits per heavy atom. The van der Waals surface area contributed by atoms with Gasteiger partial charge in [0, 0.05) is 38.5 Å². The van der Waals surface area contributed by atoms with E-state index in [-0.39, 0.29) is 0 Å². The maximum atomic E-state index is 2.48. The van der Waals surface area contributed by atoms with E-state index in [0.29, 0.717) is 0 Å². The molecule has 0 atom stereocenters. The lowest BCUT2D eigenvalue weighted by Gasteiger charge is -2.15. The number of fused-ring (bicyclic) bond motifs is 6. The van der Waals surface area contributed by atoms with Crippen molar-refractivity contribution in [3.63, 3.8) is 0 Å². The molecule has 0 aliphatic rings. The summed E-state index contributed by atoms with van der Waals surface area (Å²) in [7, 11) is 0. The summed E-state index contributed by atoms with van der Waals surface area (Å²) in [6.45, 7) is 0. The number of para-hydroxylation sites is 2. The van der Waals surface area contributed by atoms with Gasteiger partial charge in [0.1, 0.15) is 0 Å². The summed E-state index contributed by atoms with van der Waals surface area (Å²) in [4.78, 5) is 0. The molecule has 11 rings (SSSR count). The molecule has 2 nitrogen and oxygen atoms in total. The largest absolute Gasteiger partial charge is 0.309 e. The molecule has 0 spiro atoms. The van der Waals surface area contributed by atoms with E-state index in [1.165, 1.54) is 93.8 Å². The molecule has 0 N–H and O–H groups in total. The van der Waals surface area contributed by atoms with Crippen LogP contribution in [0.3, 0.4) is 0 Å². The lowest BCUT2D eigenvalue weighted by Crippen LogP contribution is -1.96. The maximum absolute atomic E-state index is 2.48. The Bertz CT molecular complexity index is 3210. The summed E-state index contributed by atoms with van der Waals surface area (Å²) in [5.74, 6) is 0. The molecule has 2 heterocycles. The van der Waals surface area contributed by atoms with Crippen LogP contribution in [0.1, 0.15) is 0 Å². The predicted octanol–water partition coefficient (Wildman–Crippen LogP) is 14.5. The molecule has 9 aromatic carbocycles. The summed E-state index contributed by atoms with van der Waals surface area (Å²) in [6, 6.07) is 79.5. The minimum atomic E-state index is 1.14. The Morgan fingerprint density at radius 3 is 1.38 bits per heavy atom. The Hall–Kier alpha value is -7.42. The van der Waals surface area contributed by atoms with E-state index in [1.807, 2.05) is 0 Å². The standard InChI is InChI=1S/C54H36N2/c1-5-16-37(17-6-1)40-22-15-25-45(32-40)56-53-31-29-42(41-28-30-52-48(33-41)46-26-13-14-27-51(46)55(52)44-23-11-4-12-24-44)34-49(53)50-36-43(38-18-7-2-8-19-38)35-47(54(50)56)39-20-9-3-10-21-39/h1-36H. The van der Waals surface area contributed by atoms with Crippen molar-refractivity contribution in [1.29, 1.82) is 0 Å². The summed E-state index contributed by atoms with van der Waals surface area (Å²) in [6.07, 6.45) is 0. The second-order valence-electron chi connectivity index (χ2n) is 14.6. The van der Waals surface area contributed by atoms with Crippen molar-refractivity contribution in [2.45, 2.75) is 0 Å². The molecule has 2 heteroatoms. The van der Waals surface area contributed by atoms with E-state index in [4.69, 9.17) is 0 Å². The molecule has 0 aliphatic carbocycles. The fraction of sp³-hybridized carbons (Fsp3) is 0. The molecule has 2 aromatic heterocycles. The summed E-state index contributed by atoms with van der Waals surface area (Å²) >= 11 is 0.